The normalized spacial score (nSPS) is 39.2. The number of aliphatic hydroxyl groups excluding tert-OH is 1. The van der Waals surface area contributed by atoms with Gasteiger partial charge in [0.1, 0.15) is 0 Å². The summed E-state index contributed by atoms with van der Waals surface area (Å²) in [5, 5.41) is 11.2. The number of hydrogen-bond donors (Lipinski definition) is 1. The van der Waals surface area contributed by atoms with Crippen LogP contribution in [0.5, 0.6) is 0 Å². The van der Waals surface area contributed by atoms with Gasteiger partial charge in [0.2, 0.25) is 0 Å². The molecule has 6 rings (SSSR count). The smallest absolute Gasteiger partial charge is 0.338 e. The molecular formula is C19H21NO4. The van der Waals surface area contributed by atoms with Crippen molar-refractivity contribution in [3.05, 3.63) is 35.4 Å². The van der Waals surface area contributed by atoms with Gasteiger partial charge in [-0.3, -0.25) is 4.79 Å². The second-order valence-corrected chi connectivity index (χ2v) is 8.17. The number of aliphatic hydroxyl groups is 1. The Bertz CT molecular complexity index is 693. The maximum Gasteiger partial charge on any atom is 0.338 e. The zero-order valence-corrected chi connectivity index (χ0v) is 13.5. The van der Waals surface area contributed by atoms with E-state index in [2.05, 4.69) is 0 Å². The average Bonchev–Trinajstić information content (AvgIpc) is 2.79. The molecule has 0 spiro atoms. The minimum atomic E-state index is -1.20. The molecule has 24 heavy (non-hydrogen) atoms. The molecule has 1 heterocycles. The number of nitrogens with zero attached hydrogens (tertiary/aromatic N) is 1. The number of rotatable bonds is 2. The van der Waals surface area contributed by atoms with Gasteiger partial charge in [0.05, 0.1) is 11.0 Å². The lowest BCUT2D eigenvalue weighted by atomic mass is 9.49. The Hall–Kier alpha value is -1.88. The quantitative estimate of drug-likeness (QED) is 0.907. The lowest BCUT2D eigenvalue weighted by Gasteiger charge is -2.55. The monoisotopic (exact) mass is 327 g/mol. The van der Waals surface area contributed by atoms with Gasteiger partial charge in [-0.05, 0) is 62.3 Å². The van der Waals surface area contributed by atoms with Gasteiger partial charge in [-0.1, -0.05) is 18.2 Å². The van der Waals surface area contributed by atoms with Gasteiger partial charge in [-0.25, -0.2) is 4.79 Å². The zero-order chi connectivity index (χ0) is 16.5. The molecule has 4 fully saturated rings. The van der Waals surface area contributed by atoms with Crippen LogP contribution in [-0.4, -0.2) is 22.0 Å². The molecule has 1 aliphatic heterocycles. The molecule has 0 saturated heterocycles. The Morgan fingerprint density at radius 2 is 1.67 bits per heavy atom. The van der Waals surface area contributed by atoms with E-state index >= 15 is 0 Å². The molecule has 4 aliphatic carbocycles. The summed E-state index contributed by atoms with van der Waals surface area (Å²) in [6.07, 6.45) is 5.15. The van der Waals surface area contributed by atoms with E-state index in [4.69, 9.17) is 4.84 Å². The molecule has 1 N–H and O–H groups in total. The molecule has 5 heteroatoms. The van der Waals surface area contributed by atoms with Crippen LogP contribution >= 0.6 is 0 Å². The number of benzene rings is 1. The second kappa shape index (κ2) is 4.82. The van der Waals surface area contributed by atoms with Crippen molar-refractivity contribution in [1.82, 2.24) is 5.06 Å². The average molecular weight is 327 g/mol. The minimum Gasteiger partial charge on any atom is -0.367 e. The van der Waals surface area contributed by atoms with Crippen LogP contribution < -0.4 is 0 Å². The van der Waals surface area contributed by atoms with E-state index in [0.717, 1.165) is 24.3 Å². The third-order valence-corrected chi connectivity index (χ3v) is 6.54. The molecule has 0 radical (unpaired) electrons. The fourth-order valence-corrected chi connectivity index (χ4v) is 5.91. The molecule has 5 aliphatic rings. The summed E-state index contributed by atoms with van der Waals surface area (Å²) in [6, 6.07) is 6.85. The summed E-state index contributed by atoms with van der Waals surface area (Å²) < 4.78 is 0. The van der Waals surface area contributed by atoms with E-state index in [0.29, 0.717) is 28.9 Å². The van der Waals surface area contributed by atoms with Crippen LogP contribution in [-0.2, 0) is 9.63 Å². The third-order valence-electron chi connectivity index (χ3n) is 6.54. The van der Waals surface area contributed by atoms with Crippen molar-refractivity contribution < 1.29 is 19.5 Å². The van der Waals surface area contributed by atoms with E-state index in [9.17, 15) is 14.7 Å². The molecular weight excluding hydrogens is 306 g/mol. The van der Waals surface area contributed by atoms with Gasteiger partial charge >= 0.3 is 5.97 Å². The van der Waals surface area contributed by atoms with Crippen LogP contribution in [0.3, 0.4) is 0 Å². The molecule has 1 atom stereocenters. The third kappa shape index (κ3) is 1.91. The SMILES string of the molecule is O=C1c2ccccc2C(O)N1OC(=O)C12CC3CC(CC(C3)C1)C2. The van der Waals surface area contributed by atoms with Gasteiger partial charge < -0.3 is 9.94 Å². The molecule has 4 bridgehead atoms. The van der Waals surface area contributed by atoms with Gasteiger partial charge in [0, 0.05) is 5.56 Å². The lowest BCUT2D eigenvalue weighted by Crippen LogP contribution is -2.52. The highest BCUT2D eigenvalue weighted by Gasteiger charge is 2.56. The second-order valence-electron chi connectivity index (χ2n) is 8.17. The highest BCUT2D eigenvalue weighted by atomic mass is 16.7. The summed E-state index contributed by atoms with van der Waals surface area (Å²) in [5.74, 6) is 1.12. The van der Waals surface area contributed by atoms with Crippen LogP contribution in [0.4, 0.5) is 0 Å². The van der Waals surface area contributed by atoms with Crippen LogP contribution in [0.1, 0.15) is 60.7 Å². The van der Waals surface area contributed by atoms with E-state index in [1.54, 1.807) is 24.3 Å². The Morgan fingerprint density at radius 1 is 1.08 bits per heavy atom. The highest BCUT2D eigenvalue weighted by molar-refractivity contribution is 5.99. The van der Waals surface area contributed by atoms with E-state index < -0.39 is 17.6 Å². The summed E-state index contributed by atoms with van der Waals surface area (Å²) in [5.41, 5.74) is 0.466. The standard InChI is InChI=1S/C19H21NO4/c21-16-14-3-1-2-4-15(14)17(22)20(16)24-18(23)19-8-11-5-12(9-19)7-13(6-11)10-19/h1-4,11-13,16,21H,5-10H2. The molecule has 0 aromatic heterocycles. The molecule has 4 saturated carbocycles. The first-order valence-corrected chi connectivity index (χ1v) is 8.89. The van der Waals surface area contributed by atoms with E-state index in [1.807, 2.05) is 0 Å². The fourth-order valence-electron chi connectivity index (χ4n) is 5.91. The van der Waals surface area contributed by atoms with Crippen molar-refractivity contribution in [1.29, 1.82) is 0 Å². The number of fused-ring (bicyclic) bond motifs is 1. The van der Waals surface area contributed by atoms with Crippen molar-refractivity contribution >= 4 is 11.9 Å². The summed E-state index contributed by atoms with van der Waals surface area (Å²) >= 11 is 0. The highest BCUT2D eigenvalue weighted by Crippen LogP contribution is 2.60. The first kappa shape index (κ1) is 14.5. The van der Waals surface area contributed by atoms with Crippen molar-refractivity contribution in [2.24, 2.45) is 23.2 Å². The van der Waals surface area contributed by atoms with Gasteiger partial charge in [-0.15, -0.1) is 5.06 Å². The van der Waals surface area contributed by atoms with Crippen LogP contribution in [0.2, 0.25) is 0 Å². The zero-order valence-electron chi connectivity index (χ0n) is 13.5. The van der Waals surface area contributed by atoms with Crippen molar-refractivity contribution in [2.75, 3.05) is 0 Å². The summed E-state index contributed by atoms with van der Waals surface area (Å²) in [4.78, 5) is 30.9. The predicted octanol–water partition coefficient (Wildman–Crippen LogP) is 2.81. The fraction of sp³-hybridized carbons (Fsp3) is 0.579. The Labute approximate surface area is 140 Å². The van der Waals surface area contributed by atoms with Gasteiger partial charge in [-0.2, -0.15) is 0 Å². The predicted molar refractivity (Wildman–Crippen MR) is 84.3 cm³/mol. The molecule has 1 unspecified atom stereocenters. The number of hydroxylamine groups is 2. The van der Waals surface area contributed by atoms with Gasteiger partial charge in [0.25, 0.3) is 5.91 Å². The largest absolute Gasteiger partial charge is 0.367 e. The van der Waals surface area contributed by atoms with Crippen LogP contribution in [0, 0.1) is 23.2 Å². The number of carbonyl (C=O) groups excluding carboxylic acids is 2. The molecule has 5 nitrogen and oxygen atoms in total. The van der Waals surface area contributed by atoms with E-state index in [-0.39, 0.29) is 5.97 Å². The Morgan fingerprint density at radius 3 is 2.25 bits per heavy atom. The van der Waals surface area contributed by atoms with E-state index in [1.165, 1.54) is 19.3 Å². The molecule has 126 valence electrons. The maximum atomic E-state index is 13.0. The maximum absolute atomic E-state index is 13.0. The van der Waals surface area contributed by atoms with Crippen LogP contribution in [0.25, 0.3) is 0 Å². The topological polar surface area (TPSA) is 66.8 Å². The van der Waals surface area contributed by atoms with Crippen molar-refractivity contribution in [3.63, 3.8) is 0 Å². The number of amides is 1. The minimum absolute atomic E-state index is 0.318. The van der Waals surface area contributed by atoms with Gasteiger partial charge in [0.15, 0.2) is 6.23 Å². The molecule has 1 amide bonds. The number of hydrogen-bond acceptors (Lipinski definition) is 4. The first-order chi connectivity index (χ1) is 11.6. The molecule has 1 aromatic carbocycles. The Kier molecular flexibility index (Phi) is 2.90. The lowest BCUT2D eigenvalue weighted by molar-refractivity contribution is -0.228. The summed E-state index contributed by atoms with van der Waals surface area (Å²) in [7, 11) is 0. The number of carbonyl (C=O) groups is 2. The van der Waals surface area contributed by atoms with Crippen molar-refractivity contribution in [2.45, 2.75) is 44.8 Å². The van der Waals surface area contributed by atoms with Crippen LogP contribution in [0.15, 0.2) is 24.3 Å². The van der Waals surface area contributed by atoms with Crippen molar-refractivity contribution in [3.8, 4) is 0 Å². The molecule has 1 aromatic rings. The first-order valence-electron chi connectivity index (χ1n) is 8.89. The summed E-state index contributed by atoms with van der Waals surface area (Å²) in [6.45, 7) is 0. The Balaban J connectivity index is 1.39.